The van der Waals surface area contributed by atoms with Crippen LogP contribution < -0.4 is 0 Å². The van der Waals surface area contributed by atoms with Crippen LogP contribution in [0.1, 0.15) is 51.2 Å². The lowest BCUT2D eigenvalue weighted by atomic mass is 10.00. The molecule has 1 aromatic carbocycles. The van der Waals surface area contributed by atoms with E-state index < -0.39 is 6.10 Å². The number of thioether (sulfide) groups is 1. The SMILES string of the molecule is CCC1CCCCN1C(=O)C(C)SCC(O)c1ccccc1. The second-order valence-corrected chi connectivity index (χ2v) is 7.37. The van der Waals surface area contributed by atoms with Crippen LogP contribution in [0.2, 0.25) is 0 Å². The van der Waals surface area contributed by atoms with E-state index in [1.54, 1.807) is 11.8 Å². The number of likely N-dealkylation sites (tertiary alicyclic amines) is 1. The number of aliphatic hydroxyl groups excluding tert-OH is 1. The second-order valence-electron chi connectivity index (χ2n) is 5.99. The number of piperidine rings is 1. The van der Waals surface area contributed by atoms with E-state index in [9.17, 15) is 9.90 Å². The molecule has 3 atom stereocenters. The molecule has 1 amide bonds. The van der Waals surface area contributed by atoms with Gasteiger partial charge in [-0.1, -0.05) is 37.3 Å². The molecule has 1 aliphatic heterocycles. The Balaban J connectivity index is 1.86. The fourth-order valence-corrected chi connectivity index (χ4v) is 3.97. The minimum atomic E-state index is -0.509. The van der Waals surface area contributed by atoms with Gasteiger partial charge in [-0.15, -0.1) is 11.8 Å². The maximum atomic E-state index is 12.6. The minimum Gasteiger partial charge on any atom is -0.388 e. The molecule has 1 heterocycles. The van der Waals surface area contributed by atoms with E-state index in [1.807, 2.05) is 37.3 Å². The number of amides is 1. The fourth-order valence-electron chi connectivity index (χ4n) is 3.03. The molecule has 0 bridgehead atoms. The minimum absolute atomic E-state index is 0.0921. The summed E-state index contributed by atoms with van der Waals surface area (Å²) in [5, 5.41) is 10.1. The Kier molecular flexibility index (Phi) is 6.77. The zero-order valence-electron chi connectivity index (χ0n) is 13.6. The van der Waals surface area contributed by atoms with Crippen molar-refractivity contribution < 1.29 is 9.90 Å². The zero-order valence-corrected chi connectivity index (χ0v) is 14.4. The van der Waals surface area contributed by atoms with Crippen molar-refractivity contribution in [3.63, 3.8) is 0 Å². The predicted octanol–water partition coefficient (Wildman–Crippen LogP) is 3.63. The normalized spacial score (nSPS) is 21.4. The molecule has 1 fully saturated rings. The average Bonchev–Trinajstić information content (AvgIpc) is 2.59. The van der Waals surface area contributed by atoms with E-state index in [-0.39, 0.29) is 11.2 Å². The molecule has 0 saturated carbocycles. The molecule has 1 N–H and O–H groups in total. The van der Waals surface area contributed by atoms with Gasteiger partial charge in [0.2, 0.25) is 5.91 Å². The number of rotatable bonds is 6. The van der Waals surface area contributed by atoms with Crippen LogP contribution in [0.15, 0.2) is 30.3 Å². The fraction of sp³-hybridized carbons (Fsp3) is 0.611. The van der Waals surface area contributed by atoms with Crippen LogP contribution in [-0.4, -0.2) is 39.5 Å². The van der Waals surface area contributed by atoms with Crippen LogP contribution in [0.5, 0.6) is 0 Å². The summed E-state index contributed by atoms with van der Waals surface area (Å²) in [4.78, 5) is 14.7. The van der Waals surface area contributed by atoms with E-state index in [0.717, 1.165) is 31.4 Å². The number of aliphatic hydroxyl groups is 1. The monoisotopic (exact) mass is 321 g/mol. The highest BCUT2D eigenvalue weighted by Crippen LogP contribution is 2.26. The maximum absolute atomic E-state index is 12.6. The van der Waals surface area contributed by atoms with Crippen molar-refractivity contribution in [2.75, 3.05) is 12.3 Å². The molecule has 1 aromatic rings. The van der Waals surface area contributed by atoms with Gasteiger partial charge >= 0.3 is 0 Å². The van der Waals surface area contributed by atoms with Crippen LogP contribution in [0, 0.1) is 0 Å². The van der Waals surface area contributed by atoms with Gasteiger partial charge in [-0.2, -0.15) is 0 Å². The number of hydrogen-bond acceptors (Lipinski definition) is 3. The third-order valence-corrected chi connectivity index (χ3v) is 5.63. The molecule has 0 aliphatic carbocycles. The molecule has 3 unspecified atom stereocenters. The zero-order chi connectivity index (χ0) is 15.9. The molecule has 1 saturated heterocycles. The molecular formula is C18H27NO2S. The molecule has 1 aliphatic rings. The Hall–Kier alpha value is -1.00. The van der Waals surface area contributed by atoms with E-state index in [0.29, 0.717) is 11.8 Å². The summed E-state index contributed by atoms with van der Waals surface area (Å²) >= 11 is 1.55. The Bertz CT molecular complexity index is 465. The summed E-state index contributed by atoms with van der Waals surface area (Å²) in [5.74, 6) is 0.790. The molecular weight excluding hydrogens is 294 g/mol. The standard InChI is InChI=1S/C18H27NO2S/c1-3-16-11-7-8-12-19(16)18(21)14(2)22-13-17(20)15-9-5-4-6-10-15/h4-6,9-10,14,16-17,20H,3,7-8,11-13H2,1-2H3. The highest BCUT2D eigenvalue weighted by molar-refractivity contribution is 8.00. The van der Waals surface area contributed by atoms with Gasteiger partial charge in [0.15, 0.2) is 0 Å². The highest BCUT2D eigenvalue weighted by Gasteiger charge is 2.29. The van der Waals surface area contributed by atoms with Crippen LogP contribution in [-0.2, 0) is 4.79 Å². The van der Waals surface area contributed by atoms with Gasteiger partial charge in [0.1, 0.15) is 0 Å². The summed E-state index contributed by atoms with van der Waals surface area (Å²) in [7, 11) is 0. The first kappa shape index (κ1) is 17.4. The van der Waals surface area contributed by atoms with Crippen molar-refractivity contribution in [1.29, 1.82) is 0 Å². The van der Waals surface area contributed by atoms with E-state index in [4.69, 9.17) is 0 Å². The van der Waals surface area contributed by atoms with Gasteiger partial charge in [0, 0.05) is 18.3 Å². The third kappa shape index (κ3) is 4.50. The largest absolute Gasteiger partial charge is 0.388 e. The van der Waals surface area contributed by atoms with Crippen molar-refractivity contribution in [1.82, 2.24) is 4.90 Å². The number of hydrogen-bond donors (Lipinski definition) is 1. The Morgan fingerprint density at radius 1 is 1.36 bits per heavy atom. The van der Waals surface area contributed by atoms with Crippen molar-refractivity contribution in [2.24, 2.45) is 0 Å². The van der Waals surface area contributed by atoms with Crippen molar-refractivity contribution >= 4 is 17.7 Å². The Morgan fingerprint density at radius 3 is 2.77 bits per heavy atom. The van der Waals surface area contributed by atoms with E-state index >= 15 is 0 Å². The number of benzene rings is 1. The number of carbonyl (C=O) groups is 1. The van der Waals surface area contributed by atoms with E-state index in [2.05, 4.69) is 11.8 Å². The maximum Gasteiger partial charge on any atom is 0.235 e. The predicted molar refractivity (Wildman–Crippen MR) is 93.0 cm³/mol. The van der Waals surface area contributed by atoms with Crippen LogP contribution in [0.3, 0.4) is 0 Å². The lowest BCUT2D eigenvalue weighted by Gasteiger charge is -2.36. The van der Waals surface area contributed by atoms with Crippen molar-refractivity contribution in [3.05, 3.63) is 35.9 Å². The number of nitrogens with zero attached hydrogens (tertiary/aromatic N) is 1. The lowest BCUT2D eigenvalue weighted by molar-refractivity contribution is -0.134. The van der Waals surface area contributed by atoms with Crippen molar-refractivity contribution in [2.45, 2.75) is 56.9 Å². The molecule has 22 heavy (non-hydrogen) atoms. The molecule has 0 radical (unpaired) electrons. The summed E-state index contributed by atoms with van der Waals surface area (Å²) in [6, 6.07) is 10.1. The first-order valence-corrected chi connectivity index (χ1v) is 9.33. The van der Waals surface area contributed by atoms with Crippen LogP contribution >= 0.6 is 11.8 Å². The molecule has 3 nitrogen and oxygen atoms in total. The molecule has 2 rings (SSSR count). The van der Waals surface area contributed by atoms with Gasteiger partial charge in [0.05, 0.1) is 11.4 Å². The highest BCUT2D eigenvalue weighted by atomic mass is 32.2. The van der Waals surface area contributed by atoms with Crippen LogP contribution in [0.25, 0.3) is 0 Å². The number of carbonyl (C=O) groups excluding carboxylic acids is 1. The Labute approximate surface area is 138 Å². The summed E-state index contributed by atoms with van der Waals surface area (Å²) in [6.07, 6.45) is 4.01. The first-order valence-electron chi connectivity index (χ1n) is 8.28. The van der Waals surface area contributed by atoms with Gasteiger partial charge in [0.25, 0.3) is 0 Å². The molecule has 0 spiro atoms. The van der Waals surface area contributed by atoms with Gasteiger partial charge < -0.3 is 10.0 Å². The summed E-state index contributed by atoms with van der Waals surface area (Å²) in [6.45, 7) is 5.02. The second kappa shape index (κ2) is 8.59. The molecule has 4 heteroatoms. The average molecular weight is 321 g/mol. The van der Waals surface area contributed by atoms with Gasteiger partial charge in [-0.05, 0) is 38.2 Å². The molecule has 122 valence electrons. The first-order chi connectivity index (χ1) is 10.6. The Morgan fingerprint density at radius 2 is 2.09 bits per heavy atom. The van der Waals surface area contributed by atoms with Crippen LogP contribution in [0.4, 0.5) is 0 Å². The van der Waals surface area contributed by atoms with Crippen molar-refractivity contribution in [3.8, 4) is 0 Å². The smallest absolute Gasteiger partial charge is 0.235 e. The topological polar surface area (TPSA) is 40.5 Å². The molecule has 0 aromatic heterocycles. The van der Waals surface area contributed by atoms with Gasteiger partial charge in [-0.3, -0.25) is 4.79 Å². The quantitative estimate of drug-likeness (QED) is 0.870. The van der Waals surface area contributed by atoms with Gasteiger partial charge in [-0.25, -0.2) is 0 Å². The van der Waals surface area contributed by atoms with E-state index in [1.165, 1.54) is 6.42 Å². The third-order valence-electron chi connectivity index (χ3n) is 4.42. The summed E-state index contributed by atoms with van der Waals surface area (Å²) in [5.41, 5.74) is 0.916. The lowest BCUT2D eigenvalue weighted by Crippen LogP contribution is -2.46. The summed E-state index contributed by atoms with van der Waals surface area (Å²) < 4.78 is 0.